The Kier molecular flexibility index (Phi) is 3.98. The zero-order valence-corrected chi connectivity index (χ0v) is 11.4. The molecule has 2 N–H and O–H groups in total. The minimum absolute atomic E-state index is 0.0326. The summed E-state index contributed by atoms with van der Waals surface area (Å²) >= 11 is 0. The lowest BCUT2D eigenvalue weighted by atomic mass is 9.99. The molecule has 0 unspecified atom stereocenters. The quantitative estimate of drug-likeness (QED) is 0.824. The molecule has 2 rings (SSSR count). The fourth-order valence-electron chi connectivity index (χ4n) is 2.14. The van der Waals surface area contributed by atoms with Crippen molar-refractivity contribution in [1.82, 2.24) is 9.97 Å². The van der Waals surface area contributed by atoms with Gasteiger partial charge < -0.3 is 9.97 Å². The van der Waals surface area contributed by atoms with Crippen molar-refractivity contribution < 1.29 is 4.79 Å². The number of nitrogens with one attached hydrogen (secondary N) is 2. The number of hydrogen-bond acceptors (Lipinski definition) is 3. The number of hydrogen-bond donors (Lipinski definition) is 2. The summed E-state index contributed by atoms with van der Waals surface area (Å²) in [7, 11) is 0. The summed E-state index contributed by atoms with van der Waals surface area (Å²) in [5.41, 5.74) is 2.07. The summed E-state index contributed by atoms with van der Waals surface area (Å²) in [5, 5.41) is 0. The van der Waals surface area contributed by atoms with E-state index in [-0.39, 0.29) is 23.3 Å². The molecule has 0 amide bonds. The summed E-state index contributed by atoms with van der Waals surface area (Å²) < 4.78 is 0. The molecule has 0 aliphatic heterocycles. The number of aromatic amines is 2. The maximum atomic E-state index is 12.2. The molecule has 104 valence electrons. The second kappa shape index (κ2) is 5.69. The van der Waals surface area contributed by atoms with Gasteiger partial charge in [0.15, 0.2) is 5.78 Å². The number of aromatic nitrogens is 2. The maximum Gasteiger partial charge on any atom is 0.252 e. The second-order valence-corrected chi connectivity index (χ2v) is 4.68. The molecule has 2 aromatic rings. The van der Waals surface area contributed by atoms with Crippen molar-refractivity contribution in [2.75, 3.05) is 0 Å². The van der Waals surface area contributed by atoms with Crippen LogP contribution in [0.3, 0.4) is 0 Å². The van der Waals surface area contributed by atoms with Crippen LogP contribution < -0.4 is 11.1 Å². The molecule has 0 spiro atoms. The Morgan fingerprint density at radius 2 is 2.00 bits per heavy atom. The molecule has 0 saturated heterocycles. The van der Waals surface area contributed by atoms with Gasteiger partial charge in [-0.3, -0.25) is 14.4 Å². The molecule has 0 bridgehead atoms. The van der Waals surface area contributed by atoms with Gasteiger partial charge in [0, 0.05) is 35.5 Å². The number of H-pyrrole nitrogens is 2. The molecule has 0 fully saturated rings. The van der Waals surface area contributed by atoms with E-state index < -0.39 is 0 Å². The highest BCUT2D eigenvalue weighted by molar-refractivity contribution is 5.97. The number of carbonyl (C=O) groups is 1. The standard InChI is InChI=1S/C15H16N2O3/c1-3-10-6-9(2)17-15(20)12(10)7-13(18)11-4-5-14(19)16-8-11/h4-6,8H,3,7H2,1-2H3,(H,16,19)(H,17,20). The van der Waals surface area contributed by atoms with Gasteiger partial charge in [0.05, 0.1) is 0 Å². The van der Waals surface area contributed by atoms with Gasteiger partial charge in [0.1, 0.15) is 0 Å². The van der Waals surface area contributed by atoms with Gasteiger partial charge >= 0.3 is 0 Å². The van der Waals surface area contributed by atoms with Crippen LogP contribution in [0.1, 0.15) is 34.1 Å². The molecule has 2 aromatic heterocycles. The van der Waals surface area contributed by atoms with E-state index in [0.717, 1.165) is 11.3 Å². The molecule has 0 aromatic carbocycles. The van der Waals surface area contributed by atoms with Crippen LogP contribution in [0, 0.1) is 6.92 Å². The largest absolute Gasteiger partial charge is 0.328 e. The minimum Gasteiger partial charge on any atom is -0.328 e. The van der Waals surface area contributed by atoms with Crippen LogP contribution in [0.15, 0.2) is 34.0 Å². The van der Waals surface area contributed by atoms with Gasteiger partial charge in [0.2, 0.25) is 5.56 Å². The minimum atomic E-state index is -0.260. The molecule has 2 heterocycles. The van der Waals surface area contributed by atoms with Crippen LogP contribution >= 0.6 is 0 Å². The first-order valence-electron chi connectivity index (χ1n) is 6.45. The first-order chi connectivity index (χ1) is 9.51. The predicted octanol–water partition coefficient (Wildman–Crippen LogP) is 1.36. The zero-order chi connectivity index (χ0) is 14.7. The van der Waals surface area contributed by atoms with Gasteiger partial charge in [-0.05, 0) is 31.0 Å². The summed E-state index contributed by atoms with van der Waals surface area (Å²) in [6, 6.07) is 4.65. The van der Waals surface area contributed by atoms with Crippen LogP contribution in [-0.2, 0) is 12.8 Å². The zero-order valence-electron chi connectivity index (χ0n) is 11.4. The van der Waals surface area contributed by atoms with Gasteiger partial charge in [-0.25, -0.2) is 0 Å². The van der Waals surface area contributed by atoms with E-state index in [2.05, 4.69) is 9.97 Å². The Morgan fingerprint density at radius 1 is 1.25 bits per heavy atom. The number of pyridine rings is 2. The normalized spacial score (nSPS) is 10.5. The third kappa shape index (κ3) is 2.93. The number of aryl methyl sites for hydroxylation is 2. The van der Waals surface area contributed by atoms with Crippen molar-refractivity contribution in [1.29, 1.82) is 0 Å². The molecule has 5 nitrogen and oxygen atoms in total. The van der Waals surface area contributed by atoms with Crippen LogP contribution in [0.25, 0.3) is 0 Å². The second-order valence-electron chi connectivity index (χ2n) is 4.68. The van der Waals surface area contributed by atoms with Crippen LogP contribution in [0.2, 0.25) is 0 Å². The molecule has 5 heteroatoms. The van der Waals surface area contributed by atoms with Crippen molar-refractivity contribution in [3.05, 3.63) is 67.5 Å². The molecule has 0 radical (unpaired) electrons. The fraction of sp³-hybridized carbons (Fsp3) is 0.267. The first kappa shape index (κ1) is 14.0. The van der Waals surface area contributed by atoms with E-state index in [0.29, 0.717) is 17.5 Å². The SMILES string of the molecule is CCc1cc(C)[nH]c(=O)c1CC(=O)c1ccc(=O)[nH]c1. The van der Waals surface area contributed by atoms with Crippen LogP contribution in [0.5, 0.6) is 0 Å². The lowest BCUT2D eigenvalue weighted by molar-refractivity contribution is 0.0992. The first-order valence-corrected chi connectivity index (χ1v) is 6.45. The van der Waals surface area contributed by atoms with Gasteiger partial charge in [0.25, 0.3) is 5.56 Å². The van der Waals surface area contributed by atoms with Crippen LogP contribution in [-0.4, -0.2) is 15.8 Å². The summed E-state index contributed by atoms with van der Waals surface area (Å²) in [6.07, 6.45) is 2.10. The fourth-order valence-corrected chi connectivity index (χ4v) is 2.14. The third-order valence-electron chi connectivity index (χ3n) is 3.19. The van der Waals surface area contributed by atoms with Crippen molar-refractivity contribution in [3.8, 4) is 0 Å². The smallest absolute Gasteiger partial charge is 0.252 e. The Morgan fingerprint density at radius 3 is 2.60 bits per heavy atom. The number of Topliss-reactive ketones (excluding diaryl/α,β-unsaturated/α-hetero) is 1. The Balaban J connectivity index is 2.35. The lowest BCUT2D eigenvalue weighted by Crippen LogP contribution is -2.20. The molecule has 0 saturated carbocycles. The Bertz CT molecular complexity index is 736. The molecular weight excluding hydrogens is 256 g/mol. The van der Waals surface area contributed by atoms with Crippen LogP contribution in [0.4, 0.5) is 0 Å². The summed E-state index contributed by atoms with van der Waals surface area (Å²) in [5.74, 6) is -0.190. The monoisotopic (exact) mass is 272 g/mol. The molecular formula is C15H16N2O3. The average molecular weight is 272 g/mol. The Labute approximate surface area is 115 Å². The molecule has 20 heavy (non-hydrogen) atoms. The average Bonchev–Trinajstić information content (AvgIpc) is 2.42. The highest BCUT2D eigenvalue weighted by Gasteiger charge is 2.13. The third-order valence-corrected chi connectivity index (χ3v) is 3.19. The number of carbonyl (C=O) groups excluding carboxylic acids is 1. The topological polar surface area (TPSA) is 82.8 Å². The highest BCUT2D eigenvalue weighted by atomic mass is 16.1. The highest BCUT2D eigenvalue weighted by Crippen LogP contribution is 2.10. The molecule has 0 atom stereocenters. The van der Waals surface area contributed by atoms with E-state index in [4.69, 9.17) is 0 Å². The Hall–Kier alpha value is -2.43. The van der Waals surface area contributed by atoms with Gasteiger partial charge in [-0.15, -0.1) is 0 Å². The molecule has 0 aliphatic rings. The van der Waals surface area contributed by atoms with E-state index in [1.807, 2.05) is 19.9 Å². The summed E-state index contributed by atoms with van der Waals surface area (Å²) in [4.78, 5) is 40.3. The lowest BCUT2D eigenvalue weighted by Gasteiger charge is -2.07. The van der Waals surface area contributed by atoms with E-state index in [1.165, 1.54) is 18.3 Å². The predicted molar refractivity (Wildman–Crippen MR) is 76.3 cm³/mol. The van der Waals surface area contributed by atoms with Crippen molar-refractivity contribution in [2.24, 2.45) is 0 Å². The van der Waals surface area contributed by atoms with E-state index in [1.54, 1.807) is 0 Å². The number of ketones is 1. The number of rotatable bonds is 4. The van der Waals surface area contributed by atoms with E-state index in [9.17, 15) is 14.4 Å². The van der Waals surface area contributed by atoms with E-state index >= 15 is 0 Å². The van der Waals surface area contributed by atoms with Gasteiger partial charge in [-0.2, -0.15) is 0 Å². The van der Waals surface area contributed by atoms with Gasteiger partial charge in [-0.1, -0.05) is 6.92 Å². The van der Waals surface area contributed by atoms with Crippen molar-refractivity contribution in [2.45, 2.75) is 26.7 Å². The van der Waals surface area contributed by atoms with Crippen molar-refractivity contribution >= 4 is 5.78 Å². The molecule has 0 aliphatic carbocycles. The summed E-state index contributed by atoms with van der Waals surface area (Å²) in [6.45, 7) is 3.76. The van der Waals surface area contributed by atoms with Crippen molar-refractivity contribution in [3.63, 3.8) is 0 Å². The maximum absolute atomic E-state index is 12.2.